The van der Waals surface area contributed by atoms with Gasteiger partial charge in [0.1, 0.15) is 0 Å². The van der Waals surface area contributed by atoms with E-state index in [0.717, 1.165) is 38.5 Å². The molecule has 2 fully saturated rings. The van der Waals surface area contributed by atoms with Crippen LogP contribution in [0, 0.1) is 0 Å². The standard InChI is InChI=1S/C22H44N2O4/c1-19(2)13-17(25)14-20(3,4)23(19)27-11-9-10-12-28-24-21(5,6)15-18(26)16-22(24,7)8/h17-18,25-26H,9-16H2,1-8H3. The van der Waals surface area contributed by atoms with Crippen molar-refractivity contribution in [3.8, 4) is 0 Å². The third-order valence-electron chi connectivity index (χ3n) is 6.12. The number of nitrogens with zero attached hydrogens (tertiary/aromatic N) is 2. The predicted octanol–water partition coefficient (Wildman–Crippen LogP) is 3.66. The lowest BCUT2D eigenvalue weighted by molar-refractivity contribution is -0.298. The first-order valence-corrected chi connectivity index (χ1v) is 10.9. The minimum absolute atomic E-state index is 0.180. The van der Waals surface area contributed by atoms with E-state index in [0.29, 0.717) is 13.2 Å². The number of hydrogen-bond donors (Lipinski definition) is 2. The largest absolute Gasteiger partial charge is 0.393 e. The number of unbranched alkanes of at least 4 members (excludes halogenated alkanes) is 1. The van der Waals surface area contributed by atoms with E-state index in [-0.39, 0.29) is 34.4 Å². The fourth-order valence-corrected chi connectivity index (χ4v) is 5.64. The van der Waals surface area contributed by atoms with Gasteiger partial charge in [0, 0.05) is 22.2 Å². The van der Waals surface area contributed by atoms with Crippen LogP contribution in [0.1, 0.15) is 93.9 Å². The first kappa shape index (κ1) is 24.0. The lowest BCUT2D eigenvalue weighted by atomic mass is 9.80. The van der Waals surface area contributed by atoms with E-state index in [4.69, 9.17) is 9.68 Å². The van der Waals surface area contributed by atoms with E-state index in [9.17, 15) is 10.2 Å². The van der Waals surface area contributed by atoms with Crippen LogP contribution >= 0.6 is 0 Å². The summed E-state index contributed by atoms with van der Waals surface area (Å²) in [7, 11) is 0. The van der Waals surface area contributed by atoms with Gasteiger partial charge < -0.3 is 10.2 Å². The van der Waals surface area contributed by atoms with Crippen molar-refractivity contribution in [1.82, 2.24) is 10.1 Å². The Hall–Kier alpha value is -0.240. The number of hydrogen-bond acceptors (Lipinski definition) is 6. The van der Waals surface area contributed by atoms with Gasteiger partial charge in [-0.1, -0.05) is 0 Å². The molecule has 6 nitrogen and oxygen atoms in total. The Morgan fingerprint density at radius 1 is 0.607 bits per heavy atom. The van der Waals surface area contributed by atoms with Crippen molar-refractivity contribution in [2.45, 2.75) is 128 Å². The van der Waals surface area contributed by atoms with E-state index >= 15 is 0 Å². The summed E-state index contributed by atoms with van der Waals surface area (Å²) < 4.78 is 0. The van der Waals surface area contributed by atoms with Gasteiger partial charge >= 0.3 is 0 Å². The van der Waals surface area contributed by atoms with Crippen molar-refractivity contribution in [1.29, 1.82) is 0 Å². The fraction of sp³-hybridized carbons (Fsp3) is 1.00. The normalized spacial score (nSPS) is 28.5. The molecule has 0 aliphatic carbocycles. The van der Waals surface area contributed by atoms with Gasteiger partial charge in [-0.3, -0.25) is 9.68 Å². The monoisotopic (exact) mass is 400 g/mol. The highest BCUT2D eigenvalue weighted by molar-refractivity contribution is 4.97. The average Bonchev–Trinajstić information content (AvgIpc) is 2.43. The molecular formula is C22H44N2O4. The maximum atomic E-state index is 10.1. The molecule has 0 spiro atoms. The highest BCUT2D eigenvalue weighted by Crippen LogP contribution is 2.39. The molecule has 0 aromatic carbocycles. The third-order valence-corrected chi connectivity index (χ3v) is 6.12. The van der Waals surface area contributed by atoms with Gasteiger partial charge in [0.25, 0.3) is 0 Å². The van der Waals surface area contributed by atoms with Gasteiger partial charge in [0.05, 0.1) is 25.4 Å². The van der Waals surface area contributed by atoms with Gasteiger partial charge in [0.15, 0.2) is 0 Å². The van der Waals surface area contributed by atoms with Crippen LogP contribution in [-0.2, 0) is 9.68 Å². The molecule has 166 valence electrons. The number of aliphatic hydroxyl groups is 2. The second kappa shape index (κ2) is 8.48. The summed E-state index contributed by atoms with van der Waals surface area (Å²) in [6.45, 7) is 18.4. The summed E-state index contributed by atoms with van der Waals surface area (Å²) in [4.78, 5) is 12.3. The highest BCUT2D eigenvalue weighted by atomic mass is 16.7. The van der Waals surface area contributed by atoms with Crippen LogP contribution < -0.4 is 0 Å². The maximum absolute atomic E-state index is 10.1. The summed E-state index contributed by atoms with van der Waals surface area (Å²) in [5.74, 6) is 0. The number of aliphatic hydroxyl groups excluding tert-OH is 2. The zero-order chi connectivity index (χ0) is 21.4. The number of piperidine rings is 2. The topological polar surface area (TPSA) is 65.4 Å². The molecule has 0 aromatic heterocycles. The minimum Gasteiger partial charge on any atom is -0.393 e. The van der Waals surface area contributed by atoms with E-state index in [1.807, 2.05) is 0 Å². The van der Waals surface area contributed by atoms with Crippen LogP contribution in [-0.4, -0.2) is 67.9 Å². The molecule has 2 aliphatic heterocycles. The van der Waals surface area contributed by atoms with Crippen LogP contribution in [0.2, 0.25) is 0 Å². The fourth-order valence-electron chi connectivity index (χ4n) is 5.64. The van der Waals surface area contributed by atoms with Gasteiger partial charge in [-0.15, -0.1) is 0 Å². The Labute approximate surface area is 172 Å². The van der Waals surface area contributed by atoms with Gasteiger partial charge in [0.2, 0.25) is 0 Å². The van der Waals surface area contributed by atoms with Crippen molar-refractivity contribution >= 4 is 0 Å². The lowest BCUT2D eigenvalue weighted by Gasteiger charge is -2.53. The third kappa shape index (κ3) is 5.67. The Kier molecular flexibility index (Phi) is 7.28. The molecule has 0 saturated carbocycles. The summed E-state index contributed by atoms with van der Waals surface area (Å²) in [5, 5.41) is 24.5. The number of rotatable bonds is 7. The second-order valence-electron chi connectivity index (χ2n) is 11.3. The van der Waals surface area contributed by atoms with Crippen LogP contribution in [0.15, 0.2) is 0 Å². The smallest absolute Gasteiger partial charge is 0.0686 e. The Morgan fingerprint density at radius 2 is 0.857 bits per heavy atom. The molecule has 28 heavy (non-hydrogen) atoms. The molecule has 6 heteroatoms. The van der Waals surface area contributed by atoms with Crippen molar-refractivity contribution in [3.05, 3.63) is 0 Å². The molecule has 2 N–H and O–H groups in total. The highest BCUT2D eigenvalue weighted by Gasteiger charge is 2.47. The minimum atomic E-state index is -0.270. The molecule has 0 amide bonds. The van der Waals surface area contributed by atoms with Crippen LogP contribution in [0.25, 0.3) is 0 Å². The molecule has 0 atom stereocenters. The Bertz CT molecular complexity index is 437. The second-order valence-corrected chi connectivity index (χ2v) is 11.3. The first-order valence-electron chi connectivity index (χ1n) is 10.9. The van der Waals surface area contributed by atoms with E-state index < -0.39 is 0 Å². The van der Waals surface area contributed by atoms with E-state index in [1.54, 1.807) is 0 Å². The zero-order valence-electron chi connectivity index (χ0n) is 19.4. The summed E-state index contributed by atoms with van der Waals surface area (Å²) in [5.41, 5.74) is -0.721. The quantitative estimate of drug-likeness (QED) is 0.636. The van der Waals surface area contributed by atoms with Crippen molar-refractivity contribution in [2.24, 2.45) is 0 Å². The van der Waals surface area contributed by atoms with Crippen molar-refractivity contribution in [2.75, 3.05) is 13.2 Å². The molecule has 2 rings (SSSR count). The molecule has 2 saturated heterocycles. The average molecular weight is 401 g/mol. The molecule has 0 unspecified atom stereocenters. The molecule has 0 radical (unpaired) electrons. The zero-order valence-corrected chi connectivity index (χ0v) is 19.4. The van der Waals surface area contributed by atoms with Gasteiger partial charge in [-0.25, -0.2) is 0 Å². The van der Waals surface area contributed by atoms with Crippen molar-refractivity contribution in [3.63, 3.8) is 0 Å². The summed E-state index contributed by atoms with van der Waals surface area (Å²) in [6, 6.07) is 0. The van der Waals surface area contributed by atoms with Crippen LogP contribution in [0.5, 0.6) is 0 Å². The number of hydroxylamine groups is 4. The maximum Gasteiger partial charge on any atom is 0.0686 e. The van der Waals surface area contributed by atoms with Gasteiger partial charge in [-0.05, 0) is 93.9 Å². The molecule has 0 bridgehead atoms. The Balaban J connectivity index is 1.77. The molecule has 2 aliphatic rings. The summed E-state index contributed by atoms with van der Waals surface area (Å²) in [6.07, 6.45) is 4.20. The van der Waals surface area contributed by atoms with Crippen LogP contribution in [0.4, 0.5) is 0 Å². The predicted molar refractivity (Wildman–Crippen MR) is 112 cm³/mol. The molecule has 0 aromatic rings. The van der Waals surface area contributed by atoms with E-state index in [1.165, 1.54) is 0 Å². The molecule has 2 heterocycles. The van der Waals surface area contributed by atoms with E-state index in [2.05, 4.69) is 65.5 Å². The van der Waals surface area contributed by atoms with Gasteiger partial charge in [-0.2, -0.15) is 10.1 Å². The SMILES string of the molecule is CC1(C)CC(O)CC(C)(C)N1OCCCCON1C(C)(C)CC(O)CC1(C)C. The lowest BCUT2D eigenvalue weighted by Crippen LogP contribution is -2.61. The molecular weight excluding hydrogens is 356 g/mol. The van der Waals surface area contributed by atoms with Crippen LogP contribution in [0.3, 0.4) is 0 Å². The first-order chi connectivity index (χ1) is 12.7. The summed E-state index contributed by atoms with van der Waals surface area (Å²) >= 11 is 0. The Morgan fingerprint density at radius 3 is 1.11 bits per heavy atom. The van der Waals surface area contributed by atoms with Crippen molar-refractivity contribution < 1.29 is 19.9 Å².